The van der Waals surface area contributed by atoms with E-state index in [4.69, 9.17) is 5.11 Å². The predicted octanol–water partition coefficient (Wildman–Crippen LogP) is 1.65. The van der Waals surface area contributed by atoms with E-state index in [1.165, 1.54) is 0 Å². The highest BCUT2D eigenvalue weighted by molar-refractivity contribution is 5.72. The molecule has 0 bridgehead atoms. The summed E-state index contributed by atoms with van der Waals surface area (Å²) in [5.41, 5.74) is 0. The third-order valence-corrected chi connectivity index (χ3v) is 2.15. The van der Waals surface area contributed by atoms with Gasteiger partial charge in [0.2, 0.25) is 0 Å². The lowest BCUT2D eigenvalue weighted by Crippen LogP contribution is -2.28. The van der Waals surface area contributed by atoms with Crippen molar-refractivity contribution in [2.45, 2.75) is 45.6 Å². The SMILES string of the molecule is CCCC[C@@H](CC)[C@@H](O)C(=O)O. The highest BCUT2D eigenvalue weighted by Crippen LogP contribution is 2.16. The van der Waals surface area contributed by atoms with Crippen LogP contribution < -0.4 is 0 Å². The first-order chi connectivity index (χ1) is 5.63. The zero-order chi connectivity index (χ0) is 9.56. The van der Waals surface area contributed by atoms with Crippen molar-refractivity contribution in [3.63, 3.8) is 0 Å². The number of carbonyl (C=O) groups is 1. The van der Waals surface area contributed by atoms with Crippen LogP contribution in [-0.4, -0.2) is 22.3 Å². The summed E-state index contributed by atoms with van der Waals surface area (Å²) in [4.78, 5) is 10.4. The molecule has 12 heavy (non-hydrogen) atoms. The summed E-state index contributed by atoms with van der Waals surface area (Å²) in [5.74, 6) is -1.18. The predicted molar refractivity (Wildman–Crippen MR) is 46.9 cm³/mol. The van der Waals surface area contributed by atoms with Crippen LogP contribution in [0.4, 0.5) is 0 Å². The monoisotopic (exact) mass is 174 g/mol. The molecule has 2 atom stereocenters. The molecular weight excluding hydrogens is 156 g/mol. The van der Waals surface area contributed by atoms with Gasteiger partial charge in [0, 0.05) is 0 Å². The zero-order valence-corrected chi connectivity index (χ0v) is 7.79. The van der Waals surface area contributed by atoms with Gasteiger partial charge in [-0.2, -0.15) is 0 Å². The van der Waals surface area contributed by atoms with Gasteiger partial charge in [-0.05, 0) is 12.3 Å². The molecule has 0 radical (unpaired) electrons. The topological polar surface area (TPSA) is 57.5 Å². The van der Waals surface area contributed by atoms with Crippen LogP contribution in [-0.2, 0) is 4.79 Å². The molecule has 0 rings (SSSR count). The van der Waals surface area contributed by atoms with Crippen molar-refractivity contribution < 1.29 is 15.0 Å². The van der Waals surface area contributed by atoms with Gasteiger partial charge in [0.15, 0.2) is 6.10 Å². The molecule has 0 saturated heterocycles. The maximum Gasteiger partial charge on any atom is 0.332 e. The van der Waals surface area contributed by atoms with Crippen molar-refractivity contribution in [1.82, 2.24) is 0 Å². The summed E-state index contributed by atoms with van der Waals surface area (Å²) in [6.07, 6.45) is 2.39. The van der Waals surface area contributed by atoms with Crippen LogP contribution in [0.2, 0.25) is 0 Å². The van der Waals surface area contributed by atoms with Crippen LogP contribution in [0.5, 0.6) is 0 Å². The number of rotatable bonds is 6. The van der Waals surface area contributed by atoms with E-state index in [1.807, 2.05) is 6.92 Å². The van der Waals surface area contributed by atoms with E-state index < -0.39 is 12.1 Å². The molecule has 3 heteroatoms. The van der Waals surface area contributed by atoms with E-state index in [9.17, 15) is 9.90 Å². The first-order valence-electron chi connectivity index (χ1n) is 4.54. The second-order valence-electron chi connectivity index (χ2n) is 3.09. The van der Waals surface area contributed by atoms with Crippen molar-refractivity contribution in [1.29, 1.82) is 0 Å². The fourth-order valence-corrected chi connectivity index (χ4v) is 1.25. The molecule has 2 N–H and O–H groups in total. The van der Waals surface area contributed by atoms with Gasteiger partial charge in [-0.15, -0.1) is 0 Å². The fourth-order valence-electron chi connectivity index (χ4n) is 1.25. The summed E-state index contributed by atoms with van der Waals surface area (Å²) in [6, 6.07) is 0. The molecule has 3 nitrogen and oxygen atoms in total. The summed E-state index contributed by atoms with van der Waals surface area (Å²) in [7, 11) is 0. The van der Waals surface area contributed by atoms with Crippen molar-refractivity contribution in [3.8, 4) is 0 Å². The Kier molecular flexibility index (Phi) is 5.72. The quantitative estimate of drug-likeness (QED) is 0.643. The highest BCUT2D eigenvalue weighted by atomic mass is 16.4. The Morgan fingerprint density at radius 2 is 2.00 bits per heavy atom. The van der Waals surface area contributed by atoms with Gasteiger partial charge in [-0.25, -0.2) is 4.79 Å². The number of aliphatic carboxylic acids is 1. The first-order valence-corrected chi connectivity index (χ1v) is 4.54. The molecule has 0 aromatic heterocycles. The third kappa shape index (κ3) is 3.72. The number of aliphatic hydroxyl groups is 1. The Morgan fingerprint density at radius 3 is 2.33 bits per heavy atom. The minimum absolute atomic E-state index is 0.0811. The highest BCUT2D eigenvalue weighted by Gasteiger charge is 2.22. The summed E-state index contributed by atoms with van der Waals surface area (Å²) >= 11 is 0. The minimum atomic E-state index is -1.18. The van der Waals surface area contributed by atoms with Crippen LogP contribution in [0.25, 0.3) is 0 Å². The Bertz CT molecular complexity index is 134. The minimum Gasteiger partial charge on any atom is -0.479 e. The van der Waals surface area contributed by atoms with Crippen molar-refractivity contribution in [2.75, 3.05) is 0 Å². The fraction of sp³-hybridized carbons (Fsp3) is 0.889. The van der Waals surface area contributed by atoms with E-state index in [0.29, 0.717) is 0 Å². The average Bonchev–Trinajstić information content (AvgIpc) is 2.05. The Balaban J connectivity index is 3.87. The Hall–Kier alpha value is -0.570. The molecule has 0 aliphatic rings. The molecule has 0 amide bonds. The lowest BCUT2D eigenvalue weighted by Gasteiger charge is -2.17. The third-order valence-electron chi connectivity index (χ3n) is 2.15. The van der Waals surface area contributed by atoms with Gasteiger partial charge in [0.05, 0.1) is 0 Å². The van der Waals surface area contributed by atoms with E-state index in [2.05, 4.69) is 6.92 Å². The number of hydrogen-bond acceptors (Lipinski definition) is 2. The normalized spacial score (nSPS) is 15.6. The first kappa shape index (κ1) is 11.4. The lowest BCUT2D eigenvalue weighted by molar-refractivity contribution is -0.149. The van der Waals surface area contributed by atoms with Crippen LogP contribution >= 0.6 is 0 Å². The number of carboxylic acids is 1. The van der Waals surface area contributed by atoms with E-state index in [-0.39, 0.29) is 5.92 Å². The second-order valence-corrected chi connectivity index (χ2v) is 3.09. The van der Waals surface area contributed by atoms with Crippen LogP contribution in [0.1, 0.15) is 39.5 Å². The summed E-state index contributed by atoms with van der Waals surface area (Å²) in [6.45, 7) is 3.96. The molecule has 0 aliphatic heterocycles. The van der Waals surface area contributed by atoms with E-state index in [0.717, 1.165) is 25.7 Å². The standard InChI is InChI=1S/C9H18O3/c1-3-5-6-7(4-2)8(10)9(11)12/h7-8,10H,3-6H2,1-2H3,(H,11,12)/t7-,8-/m1/s1. The van der Waals surface area contributed by atoms with Crippen molar-refractivity contribution in [3.05, 3.63) is 0 Å². The lowest BCUT2D eigenvalue weighted by atomic mass is 9.93. The summed E-state index contributed by atoms with van der Waals surface area (Å²) < 4.78 is 0. The molecule has 0 fully saturated rings. The van der Waals surface area contributed by atoms with Crippen molar-refractivity contribution in [2.24, 2.45) is 5.92 Å². The molecule has 0 saturated carbocycles. The Labute approximate surface area is 73.4 Å². The molecule has 0 aliphatic carbocycles. The molecular formula is C9H18O3. The average molecular weight is 174 g/mol. The number of unbranched alkanes of at least 4 members (excludes halogenated alkanes) is 1. The van der Waals surface area contributed by atoms with Crippen LogP contribution in [0, 0.1) is 5.92 Å². The van der Waals surface area contributed by atoms with Gasteiger partial charge in [-0.1, -0.05) is 33.1 Å². The van der Waals surface area contributed by atoms with Gasteiger partial charge in [0.1, 0.15) is 0 Å². The van der Waals surface area contributed by atoms with Crippen molar-refractivity contribution >= 4 is 5.97 Å². The maximum atomic E-state index is 10.4. The smallest absolute Gasteiger partial charge is 0.332 e. The van der Waals surface area contributed by atoms with E-state index >= 15 is 0 Å². The zero-order valence-electron chi connectivity index (χ0n) is 7.79. The number of aliphatic hydroxyl groups excluding tert-OH is 1. The van der Waals surface area contributed by atoms with Gasteiger partial charge >= 0.3 is 5.97 Å². The van der Waals surface area contributed by atoms with Gasteiger partial charge in [0.25, 0.3) is 0 Å². The number of hydrogen-bond donors (Lipinski definition) is 2. The molecule has 0 aromatic rings. The molecule has 0 spiro atoms. The molecule has 0 heterocycles. The number of carboxylic acid groups (broad SMARTS) is 1. The van der Waals surface area contributed by atoms with E-state index in [1.54, 1.807) is 0 Å². The molecule has 72 valence electrons. The second kappa shape index (κ2) is 6.00. The maximum absolute atomic E-state index is 10.4. The van der Waals surface area contributed by atoms with Crippen LogP contribution in [0.3, 0.4) is 0 Å². The Morgan fingerprint density at radius 1 is 1.42 bits per heavy atom. The largest absolute Gasteiger partial charge is 0.479 e. The molecule has 0 aromatic carbocycles. The van der Waals surface area contributed by atoms with Gasteiger partial charge in [-0.3, -0.25) is 0 Å². The molecule has 0 unspecified atom stereocenters. The van der Waals surface area contributed by atoms with Gasteiger partial charge < -0.3 is 10.2 Å². The van der Waals surface area contributed by atoms with Crippen LogP contribution in [0.15, 0.2) is 0 Å². The summed E-state index contributed by atoms with van der Waals surface area (Å²) in [5, 5.41) is 17.7.